The highest BCUT2D eigenvalue weighted by atomic mass is 32.1. The third-order valence-electron chi connectivity index (χ3n) is 13.6. The highest BCUT2D eigenvalue weighted by Gasteiger charge is 2.21. The first kappa shape index (κ1) is 37.3. The number of fused-ring (bicyclic) bond motifs is 13. The lowest BCUT2D eigenvalue weighted by atomic mass is 9.98. The Morgan fingerprint density at radius 2 is 0.838 bits per heavy atom. The van der Waals surface area contributed by atoms with E-state index in [-0.39, 0.29) is 0 Å². The van der Waals surface area contributed by atoms with Crippen LogP contribution in [0.25, 0.3) is 148 Å². The molecule has 15 rings (SSSR count). The third kappa shape index (κ3) is 5.66. The van der Waals surface area contributed by atoms with Gasteiger partial charge in [0.25, 0.3) is 0 Å². The standard InChI is InChI=1S/C61H34N4O2S/c1-2-12-36-32-52-48(29-35(36)11-1)41-13-3-7-17-50(41)65(52)51-27-23-38(31-47(51)37-24-28-58-49(30-37)46-16-6-10-20-57(46)68-58)59-62-60(39-21-25-44-42-14-4-8-18-53(42)66-55(44)33-39)64-61(63-59)40-22-26-45-43-15-5-9-19-54(43)67-56(45)34-40/h1-34H. The molecule has 0 aliphatic heterocycles. The van der Waals surface area contributed by atoms with E-state index in [1.165, 1.54) is 41.7 Å². The average molecular weight is 887 g/mol. The summed E-state index contributed by atoms with van der Waals surface area (Å²) in [5.74, 6) is 1.65. The van der Waals surface area contributed by atoms with Gasteiger partial charge in [-0.15, -0.1) is 11.3 Å². The smallest absolute Gasteiger partial charge is 0.164 e. The Morgan fingerprint density at radius 1 is 0.324 bits per heavy atom. The van der Waals surface area contributed by atoms with Crippen LogP contribution in [-0.2, 0) is 0 Å². The number of nitrogens with zero attached hydrogens (tertiary/aromatic N) is 4. The predicted octanol–water partition coefficient (Wildman–Crippen LogP) is 17.0. The van der Waals surface area contributed by atoms with Crippen molar-refractivity contribution in [2.45, 2.75) is 0 Å². The van der Waals surface area contributed by atoms with E-state index in [1.54, 1.807) is 0 Å². The molecule has 0 bridgehead atoms. The van der Waals surface area contributed by atoms with Crippen LogP contribution in [0.2, 0.25) is 0 Å². The summed E-state index contributed by atoms with van der Waals surface area (Å²) in [6, 6.07) is 73.0. The van der Waals surface area contributed by atoms with Gasteiger partial charge in [0.15, 0.2) is 17.5 Å². The quantitative estimate of drug-likeness (QED) is 0.172. The molecule has 15 aromatic rings. The third-order valence-corrected chi connectivity index (χ3v) is 14.8. The van der Waals surface area contributed by atoms with Crippen LogP contribution in [0.5, 0.6) is 0 Å². The maximum atomic E-state index is 6.39. The molecule has 7 heteroatoms. The van der Waals surface area contributed by atoms with E-state index < -0.39 is 0 Å². The van der Waals surface area contributed by atoms with Crippen LogP contribution in [0.4, 0.5) is 0 Å². The molecule has 0 saturated carbocycles. The molecule has 0 aliphatic rings. The van der Waals surface area contributed by atoms with E-state index in [9.17, 15) is 0 Å². The molecule has 0 N–H and O–H groups in total. The first-order valence-electron chi connectivity index (χ1n) is 22.7. The van der Waals surface area contributed by atoms with E-state index in [0.717, 1.165) is 88.4 Å². The van der Waals surface area contributed by atoms with E-state index in [0.29, 0.717) is 17.5 Å². The number of hydrogen-bond donors (Lipinski definition) is 0. The molecule has 0 aliphatic carbocycles. The normalized spacial score (nSPS) is 12.1. The number of benzene rings is 10. The Labute approximate surface area is 391 Å². The Kier molecular flexibility index (Phi) is 7.85. The van der Waals surface area contributed by atoms with Crippen molar-refractivity contribution < 1.29 is 8.83 Å². The molecule has 0 amide bonds. The zero-order chi connectivity index (χ0) is 44.5. The van der Waals surface area contributed by atoms with Gasteiger partial charge in [0.05, 0.1) is 16.7 Å². The van der Waals surface area contributed by atoms with Crippen molar-refractivity contribution in [3.8, 4) is 51.0 Å². The van der Waals surface area contributed by atoms with Crippen LogP contribution in [0.3, 0.4) is 0 Å². The summed E-state index contributed by atoms with van der Waals surface area (Å²) in [4.78, 5) is 15.8. The number of furan rings is 2. The zero-order valence-electron chi connectivity index (χ0n) is 36.1. The highest BCUT2D eigenvalue weighted by Crippen LogP contribution is 2.43. The average Bonchev–Trinajstić information content (AvgIpc) is 4.16. The van der Waals surface area contributed by atoms with Crippen LogP contribution < -0.4 is 0 Å². The fourth-order valence-corrected chi connectivity index (χ4v) is 11.5. The van der Waals surface area contributed by atoms with Gasteiger partial charge in [-0.25, -0.2) is 15.0 Å². The summed E-state index contributed by atoms with van der Waals surface area (Å²) >= 11 is 1.83. The second kappa shape index (κ2) is 14.3. The van der Waals surface area contributed by atoms with Gasteiger partial charge in [-0.2, -0.15) is 0 Å². The van der Waals surface area contributed by atoms with Gasteiger partial charge in [0.1, 0.15) is 22.3 Å². The maximum absolute atomic E-state index is 6.39. The monoisotopic (exact) mass is 886 g/mol. The van der Waals surface area contributed by atoms with Gasteiger partial charge in [0.2, 0.25) is 0 Å². The summed E-state index contributed by atoms with van der Waals surface area (Å²) in [5.41, 5.74) is 11.3. The summed E-state index contributed by atoms with van der Waals surface area (Å²) in [6.07, 6.45) is 0. The van der Waals surface area contributed by atoms with Gasteiger partial charge < -0.3 is 13.4 Å². The highest BCUT2D eigenvalue weighted by molar-refractivity contribution is 7.25. The van der Waals surface area contributed by atoms with Crippen molar-refractivity contribution in [1.82, 2.24) is 19.5 Å². The summed E-state index contributed by atoms with van der Waals surface area (Å²) in [7, 11) is 0. The molecule has 5 heterocycles. The number of para-hydroxylation sites is 3. The zero-order valence-corrected chi connectivity index (χ0v) is 37.0. The van der Waals surface area contributed by atoms with Crippen molar-refractivity contribution in [3.05, 3.63) is 206 Å². The minimum absolute atomic E-state index is 0.545. The van der Waals surface area contributed by atoms with Gasteiger partial charge in [-0.1, -0.05) is 115 Å². The molecule has 0 fully saturated rings. The fourth-order valence-electron chi connectivity index (χ4n) is 10.4. The minimum Gasteiger partial charge on any atom is -0.456 e. The lowest BCUT2D eigenvalue weighted by Gasteiger charge is -2.17. The van der Waals surface area contributed by atoms with Gasteiger partial charge in [-0.05, 0) is 107 Å². The van der Waals surface area contributed by atoms with Crippen molar-refractivity contribution in [2.75, 3.05) is 0 Å². The number of rotatable bonds is 5. The lowest BCUT2D eigenvalue weighted by Crippen LogP contribution is -2.02. The van der Waals surface area contributed by atoms with Crippen molar-refractivity contribution in [1.29, 1.82) is 0 Å². The second-order valence-corrected chi connectivity index (χ2v) is 18.6. The molecule has 10 aromatic carbocycles. The maximum Gasteiger partial charge on any atom is 0.164 e. The SMILES string of the molecule is c1ccc2cc3c(cc2c1)c1ccccc1n3-c1ccc(-c2nc(-c3ccc4c(c3)oc3ccccc34)nc(-c3ccc4c(c3)oc3ccccc34)n2)cc1-c1ccc2sc3ccccc3c2c1. The van der Waals surface area contributed by atoms with Crippen molar-refractivity contribution in [3.63, 3.8) is 0 Å². The topological polar surface area (TPSA) is 69.9 Å². The van der Waals surface area contributed by atoms with Crippen LogP contribution in [0.15, 0.2) is 215 Å². The van der Waals surface area contributed by atoms with Crippen LogP contribution >= 0.6 is 11.3 Å². The molecule has 6 nitrogen and oxygen atoms in total. The van der Waals surface area contributed by atoms with E-state index in [4.69, 9.17) is 23.8 Å². The summed E-state index contributed by atoms with van der Waals surface area (Å²) in [6.45, 7) is 0. The first-order valence-corrected chi connectivity index (χ1v) is 23.5. The lowest BCUT2D eigenvalue weighted by molar-refractivity contribution is 0.668. The molecule has 68 heavy (non-hydrogen) atoms. The summed E-state index contributed by atoms with van der Waals surface area (Å²) in [5, 5.41) is 11.6. The predicted molar refractivity (Wildman–Crippen MR) is 281 cm³/mol. The molecule has 0 unspecified atom stereocenters. The number of aromatic nitrogens is 4. The van der Waals surface area contributed by atoms with E-state index in [1.807, 2.05) is 59.9 Å². The molecule has 0 spiro atoms. The molecule has 316 valence electrons. The molecule has 0 saturated heterocycles. The number of hydrogen-bond acceptors (Lipinski definition) is 6. The molecule has 0 radical (unpaired) electrons. The second-order valence-electron chi connectivity index (χ2n) is 17.5. The van der Waals surface area contributed by atoms with Crippen LogP contribution in [0.1, 0.15) is 0 Å². The van der Waals surface area contributed by atoms with Crippen LogP contribution in [-0.4, -0.2) is 19.5 Å². The fraction of sp³-hybridized carbons (Fsp3) is 0. The Bertz CT molecular complexity index is 4460. The van der Waals surface area contributed by atoms with Gasteiger partial charge in [-0.3, -0.25) is 0 Å². The van der Waals surface area contributed by atoms with Crippen molar-refractivity contribution in [2.24, 2.45) is 0 Å². The molecule has 0 atom stereocenters. The van der Waals surface area contributed by atoms with E-state index >= 15 is 0 Å². The minimum atomic E-state index is 0.545. The van der Waals surface area contributed by atoms with Crippen molar-refractivity contribution >= 4 is 108 Å². The molecular weight excluding hydrogens is 853 g/mol. The largest absolute Gasteiger partial charge is 0.456 e. The Hall–Kier alpha value is -8.91. The van der Waals surface area contributed by atoms with Gasteiger partial charge >= 0.3 is 0 Å². The van der Waals surface area contributed by atoms with Crippen LogP contribution in [0, 0.1) is 0 Å². The number of thiophene rings is 1. The Balaban J connectivity index is 0.986. The Morgan fingerprint density at radius 3 is 1.53 bits per heavy atom. The van der Waals surface area contributed by atoms with E-state index in [2.05, 4.69) is 162 Å². The molecular formula is C61H34N4O2S. The van der Waals surface area contributed by atoms with Gasteiger partial charge in [0, 0.05) is 74.7 Å². The summed E-state index contributed by atoms with van der Waals surface area (Å²) < 4.78 is 17.7. The first-order chi connectivity index (χ1) is 33.6. The molecule has 5 aromatic heterocycles.